The van der Waals surface area contributed by atoms with Gasteiger partial charge in [0.1, 0.15) is 17.1 Å². The summed E-state index contributed by atoms with van der Waals surface area (Å²) in [5.41, 5.74) is 0.714. The fourth-order valence-corrected chi connectivity index (χ4v) is 3.19. The topological polar surface area (TPSA) is 106 Å². The summed E-state index contributed by atoms with van der Waals surface area (Å²) in [4.78, 5) is 25.7. The maximum absolute atomic E-state index is 13.2. The predicted octanol–water partition coefficient (Wildman–Crippen LogP) is 4.13. The lowest BCUT2D eigenvalue weighted by molar-refractivity contribution is -0.385. The third kappa shape index (κ3) is 3.79. The van der Waals surface area contributed by atoms with Crippen molar-refractivity contribution in [3.05, 3.63) is 67.6 Å². The number of aryl methyl sites for hydroxylation is 2. The number of hydrogen-bond acceptors (Lipinski definition) is 7. The van der Waals surface area contributed by atoms with Gasteiger partial charge in [-0.3, -0.25) is 14.9 Å². The molecule has 0 spiro atoms. The van der Waals surface area contributed by atoms with Gasteiger partial charge in [0, 0.05) is 12.6 Å². The van der Waals surface area contributed by atoms with E-state index in [0.717, 1.165) is 0 Å². The van der Waals surface area contributed by atoms with Gasteiger partial charge < -0.3 is 19.2 Å². The smallest absolute Gasteiger partial charge is 0.311 e. The summed E-state index contributed by atoms with van der Waals surface area (Å²) in [6.07, 6.45) is 0.524. The summed E-state index contributed by atoms with van der Waals surface area (Å²) in [6, 6.07) is 7.41. The molecule has 8 heteroatoms. The molecule has 2 aromatic carbocycles. The van der Waals surface area contributed by atoms with Gasteiger partial charge in [0.05, 0.1) is 15.9 Å². The number of ether oxygens (including phenoxy) is 1. The molecule has 152 valence electrons. The van der Waals surface area contributed by atoms with E-state index in [9.17, 15) is 20.0 Å². The van der Waals surface area contributed by atoms with E-state index >= 15 is 0 Å². The molecule has 0 saturated carbocycles. The van der Waals surface area contributed by atoms with Crippen LogP contribution in [0.4, 0.5) is 5.69 Å². The lowest BCUT2D eigenvalue weighted by Crippen LogP contribution is -2.14. The largest absolute Gasteiger partial charge is 0.507 e. The van der Waals surface area contributed by atoms with Crippen molar-refractivity contribution in [1.29, 1.82) is 0 Å². The zero-order valence-electron chi connectivity index (χ0n) is 16.7. The molecule has 1 heterocycles. The quantitative estimate of drug-likeness (QED) is 0.491. The fourth-order valence-electron chi connectivity index (χ4n) is 3.19. The number of hydrogen-bond donors (Lipinski definition) is 1. The number of phenols is 1. The van der Waals surface area contributed by atoms with Crippen LogP contribution in [0.3, 0.4) is 0 Å². The first-order chi connectivity index (χ1) is 13.7. The lowest BCUT2D eigenvalue weighted by Gasteiger charge is -2.17. The first-order valence-electron chi connectivity index (χ1n) is 9.11. The van der Waals surface area contributed by atoms with Gasteiger partial charge in [-0.05, 0) is 45.1 Å². The average Bonchev–Trinajstić information content (AvgIpc) is 2.67. The lowest BCUT2D eigenvalue weighted by atomic mass is 10.0. The molecule has 0 atom stereocenters. The van der Waals surface area contributed by atoms with Crippen LogP contribution in [-0.4, -0.2) is 29.0 Å². The van der Waals surface area contributed by atoms with E-state index in [1.165, 1.54) is 18.2 Å². The van der Waals surface area contributed by atoms with Gasteiger partial charge in [-0.1, -0.05) is 19.1 Å². The summed E-state index contributed by atoms with van der Waals surface area (Å²) in [5.74, 6) is 0.110. The Hall–Kier alpha value is -3.39. The summed E-state index contributed by atoms with van der Waals surface area (Å²) >= 11 is 0. The van der Waals surface area contributed by atoms with Gasteiger partial charge >= 0.3 is 5.69 Å². The molecule has 0 saturated heterocycles. The number of nitrogens with zero attached hydrogens (tertiary/aromatic N) is 2. The molecule has 0 aliphatic rings. The second-order valence-corrected chi connectivity index (χ2v) is 6.97. The Bertz CT molecular complexity index is 1150. The summed E-state index contributed by atoms with van der Waals surface area (Å²) in [5, 5.41) is 22.1. The minimum absolute atomic E-state index is 0.0461. The Morgan fingerprint density at radius 1 is 1.28 bits per heavy atom. The fraction of sp³-hybridized carbons (Fsp3) is 0.286. The van der Waals surface area contributed by atoms with E-state index in [2.05, 4.69) is 0 Å². The van der Waals surface area contributed by atoms with E-state index in [4.69, 9.17) is 9.15 Å². The van der Waals surface area contributed by atoms with Crippen LogP contribution in [0.15, 0.2) is 39.5 Å². The van der Waals surface area contributed by atoms with E-state index < -0.39 is 10.4 Å². The van der Waals surface area contributed by atoms with Crippen molar-refractivity contribution in [1.82, 2.24) is 4.90 Å². The van der Waals surface area contributed by atoms with Gasteiger partial charge in [0.15, 0.2) is 0 Å². The van der Waals surface area contributed by atoms with Crippen molar-refractivity contribution in [3.8, 4) is 17.2 Å². The number of nitro groups is 1. The molecule has 0 radical (unpaired) electrons. The number of rotatable bonds is 6. The number of benzene rings is 2. The summed E-state index contributed by atoms with van der Waals surface area (Å²) in [7, 11) is 3.70. The van der Waals surface area contributed by atoms with Crippen molar-refractivity contribution in [2.24, 2.45) is 0 Å². The zero-order valence-corrected chi connectivity index (χ0v) is 16.7. The van der Waals surface area contributed by atoms with Gasteiger partial charge in [-0.15, -0.1) is 0 Å². The van der Waals surface area contributed by atoms with Crippen LogP contribution in [0, 0.1) is 17.0 Å². The summed E-state index contributed by atoms with van der Waals surface area (Å²) < 4.78 is 11.5. The third-order valence-electron chi connectivity index (χ3n) is 4.58. The molecule has 0 bridgehead atoms. The van der Waals surface area contributed by atoms with Crippen LogP contribution in [0.2, 0.25) is 0 Å². The third-order valence-corrected chi connectivity index (χ3v) is 4.58. The molecule has 0 amide bonds. The number of fused-ring (bicyclic) bond motifs is 1. The predicted molar refractivity (Wildman–Crippen MR) is 109 cm³/mol. The van der Waals surface area contributed by atoms with Gasteiger partial charge in [-0.25, -0.2) is 0 Å². The molecule has 3 aromatic rings. The highest BCUT2D eigenvalue weighted by Crippen LogP contribution is 2.36. The second-order valence-electron chi connectivity index (χ2n) is 6.97. The average molecular weight is 398 g/mol. The highest BCUT2D eigenvalue weighted by molar-refractivity contribution is 5.85. The molecule has 0 aliphatic heterocycles. The van der Waals surface area contributed by atoms with Crippen molar-refractivity contribution < 1.29 is 19.2 Å². The number of aromatic hydroxyl groups is 1. The first kappa shape index (κ1) is 20.3. The normalized spacial score (nSPS) is 11.2. The monoisotopic (exact) mass is 398 g/mol. The second kappa shape index (κ2) is 7.92. The maximum atomic E-state index is 13.2. The van der Waals surface area contributed by atoms with Crippen molar-refractivity contribution in [2.45, 2.75) is 26.8 Å². The summed E-state index contributed by atoms with van der Waals surface area (Å²) in [6.45, 7) is 3.80. The molecule has 3 rings (SSSR count). The molecule has 29 heavy (non-hydrogen) atoms. The Morgan fingerprint density at radius 3 is 2.59 bits per heavy atom. The number of phenolic OH excluding ortho intramolecular Hbond substituents is 1. The van der Waals surface area contributed by atoms with Gasteiger partial charge in [0.25, 0.3) is 0 Å². The highest BCUT2D eigenvalue weighted by Gasteiger charge is 2.23. The molecule has 0 fully saturated rings. The Morgan fingerprint density at radius 2 is 1.97 bits per heavy atom. The van der Waals surface area contributed by atoms with Crippen LogP contribution in [0.5, 0.6) is 17.2 Å². The minimum Gasteiger partial charge on any atom is -0.507 e. The van der Waals surface area contributed by atoms with Crippen LogP contribution < -0.4 is 10.2 Å². The van der Waals surface area contributed by atoms with Gasteiger partial charge in [0.2, 0.25) is 16.9 Å². The van der Waals surface area contributed by atoms with Crippen LogP contribution in [0.1, 0.15) is 23.8 Å². The molecule has 1 aromatic heterocycles. The van der Waals surface area contributed by atoms with Crippen molar-refractivity contribution >= 4 is 16.7 Å². The van der Waals surface area contributed by atoms with Crippen LogP contribution >= 0.6 is 0 Å². The molecule has 8 nitrogen and oxygen atoms in total. The molecular formula is C21H22N2O6. The number of para-hydroxylation sites is 2. The van der Waals surface area contributed by atoms with Crippen LogP contribution in [-0.2, 0) is 13.0 Å². The maximum Gasteiger partial charge on any atom is 0.311 e. The highest BCUT2D eigenvalue weighted by atomic mass is 16.6. The first-order valence-corrected chi connectivity index (χ1v) is 9.11. The Kier molecular flexibility index (Phi) is 5.56. The van der Waals surface area contributed by atoms with E-state index in [0.29, 0.717) is 24.1 Å². The number of nitro benzene ring substituents is 1. The van der Waals surface area contributed by atoms with E-state index in [1.807, 2.05) is 25.9 Å². The van der Waals surface area contributed by atoms with Crippen molar-refractivity contribution in [3.63, 3.8) is 0 Å². The van der Waals surface area contributed by atoms with Crippen molar-refractivity contribution in [2.75, 3.05) is 14.1 Å². The SMILES string of the molecule is CCc1cc2c(=O)c(Oc3ccccc3[N+](=O)[O-])c(C)oc2c(CN(C)C)c1O. The molecule has 0 unspecified atom stereocenters. The Balaban J connectivity index is 2.25. The zero-order chi connectivity index (χ0) is 21.3. The Labute approximate surface area is 167 Å². The van der Waals surface area contributed by atoms with Crippen LogP contribution in [0.25, 0.3) is 11.0 Å². The minimum atomic E-state index is -0.574. The molecular weight excluding hydrogens is 376 g/mol. The molecule has 0 aliphatic carbocycles. The van der Waals surface area contributed by atoms with E-state index in [1.54, 1.807) is 19.1 Å². The standard InChI is InChI=1S/C21H22N2O6/c1-5-13-10-14-19(25)20(29-17-9-7-6-8-16(17)23(26)27)12(2)28-21(14)15(18(13)24)11-22(3)4/h6-10,24H,5,11H2,1-4H3. The molecule has 1 N–H and O–H groups in total. The van der Waals surface area contributed by atoms with E-state index in [-0.39, 0.29) is 39.7 Å². The van der Waals surface area contributed by atoms with Gasteiger partial charge in [-0.2, -0.15) is 0 Å².